The van der Waals surface area contributed by atoms with Crippen molar-refractivity contribution in [1.29, 1.82) is 0 Å². The Balaban J connectivity index is 1.70. The van der Waals surface area contributed by atoms with Crippen molar-refractivity contribution in [2.24, 2.45) is 0 Å². The van der Waals surface area contributed by atoms with Gasteiger partial charge in [-0.25, -0.2) is 12.7 Å². The molecule has 0 aromatic carbocycles. The van der Waals surface area contributed by atoms with Crippen molar-refractivity contribution in [3.63, 3.8) is 0 Å². The summed E-state index contributed by atoms with van der Waals surface area (Å²) < 4.78 is 26.4. The third kappa shape index (κ3) is 7.36. The zero-order valence-electron chi connectivity index (χ0n) is 17.7. The molecule has 1 N–H and O–H groups in total. The second-order valence-electron chi connectivity index (χ2n) is 8.32. The molecule has 8 nitrogen and oxygen atoms in total. The molecular weight excluding hydrogens is 412 g/mol. The third-order valence-corrected chi connectivity index (χ3v) is 7.86. The van der Waals surface area contributed by atoms with Crippen LogP contribution in [0.15, 0.2) is 21.7 Å². The van der Waals surface area contributed by atoms with E-state index >= 15 is 0 Å². The average Bonchev–Trinajstić information content (AvgIpc) is 3.15. The lowest BCUT2D eigenvalue weighted by molar-refractivity contribution is -0.133. The highest BCUT2D eigenvalue weighted by Gasteiger charge is 2.25. The lowest BCUT2D eigenvalue weighted by Crippen LogP contribution is -2.52. The minimum absolute atomic E-state index is 0.00716. The van der Waals surface area contributed by atoms with Crippen LogP contribution in [0.5, 0.6) is 0 Å². The van der Waals surface area contributed by atoms with Crippen molar-refractivity contribution in [3.05, 3.63) is 17.5 Å². The van der Waals surface area contributed by atoms with Gasteiger partial charge in [-0.1, -0.05) is 6.07 Å². The molecule has 1 saturated heterocycles. The number of thiophene rings is 1. The first kappa shape index (κ1) is 23.8. The summed E-state index contributed by atoms with van der Waals surface area (Å²) in [4.78, 5) is 28.3. The fraction of sp³-hybridized carbons (Fsp3) is 0.684. The number of carbonyl (C=O) groups is 2. The van der Waals surface area contributed by atoms with E-state index in [1.54, 1.807) is 29.5 Å². The molecule has 1 aliphatic rings. The quantitative estimate of drug-likeness (QED) is 0.651. The first-order valence-electron chi connectivity index (χ1n) is 9.80. The predicted molar refractivity (Wildman–Crippen MR) is 114 cm³/mol. The van der Waals surface area contributed by atoms with Gasteiger partial charge in [-0.3, -0.25) is 14.5 Å². The van der Waals surface area contributed by atoms with E-state index in [0.29, 0.717) is 56.3 Å². The molecule has 1 fully saturated rings. The third-order valence-electron chi connectivity index (χ3n) is 4.63. The maximum Gasteiger partial charge on any atom is 0.252 e. The van der Waals surface area contributed by atoms with Crippen LogP contribution in [-0.2, 0) is 19.6 Å². The lowest BCUT2D eigenvalue weighted by atomic mass is 10.1. The molecule has 1 aromatic heterocycles. The van der Waals surface area contributed by atoms with Gasteiger partial charge < -0.3 is 10.2 Å². The van der Waals surface area contributed by atoms with Crippen LogP contribution in [-0.4, -0.2) is 86.2 Å². The van der Waals surface area contributed by atoms with Gasteiger partial charge in [-0.15, -0.1) is 11.3 Å². The first-order chi connectivity index (χ1) is 13.5. The molecule has 0 saturated carbocycles. The van der Waals surface area contributed by atoms with Gasteiger partial charge in [0.15, 0.2) is 0 Å². The molecule has 2 heterocycles. The number of hydrogen-bond acceptors (Lipinski definition) is 6. The van der Waals surface area contributed by atoms with E-state index in [2.05, 4.69) is 5.32 Å². The summed E-state index contributed by atoms with van der Waals surface area (Å²) in [7, 11) is -1.93. The van der Waals surface area contributed by atoms with E-state index < -0.39 is 10.0 Å². The molecule has 1 aromatic rings. The van der Waals surface area contributed by atoms with Gasteiger partial charge in [0, 0.05) is 51.7 Å². The number of amides is 2. The van der Waals surface area contributed by atoms with E-state index in [1.807, 2.05) is 25.7 Å². The Morgan fingerprint density at radius 2 is 1.86 bits per heavy atom. The summed E-state index contributed by atoms with van der Waals surface area (Å²) in [5.74, 6) is 0.0259. The van der Waals surface area contributed by atoms with Crippen LogP contribution >= 0.6 is 11.3 Å². The Morgan fingerprint density at radius 3 is 2.41 bits per heavy atom. The van der Waals surface area contributed by atoms with Gasteiger partial charge in [0.25, 0.3) is 10.0 Å². The Kier molecular flexibility index (Phi) is 8.21. The monoisotopic (exact) mass is 444 g/mol. The molecule has 0 radical (unpaired) electrons. The van der Waals surface area contributed by atoms with Crippen LogP contribution in [0.1, 0.15) is 33.6 Å². The molecule has 164 valence electrons. The molecule has 1 aliphatic heterocycles. The maximum absolute atomic E-state index is 12.4. The van der Waals surface area contributed by atoms with E-state index in [-0.39, 0.29) is 17.4 Å². The number of carbonyl (C=O) groups excluding carboxylic acids is 2. The van der Waals surface area contributed by atoms with Crippen molar-refractivity contribution < 1.29 is 18.0 Å². The number of hydrogen-bond donors (Lipinski definition) is 1. The van der Waals surface area contributed by atoms with Crippen LogP contribution in [0.25, 0.3) is 0 Å². The Bertz CT molecular complexity index is 780. The van der Waals surface area contributed by atoms with Crippen LogP contribution in [0.4, 0.5) is 0 Å². The fourth-order valence-corrected chi connectivity index (χ4v) is 5.52. The zero-order valence-corrected chi connectivity index (χ0v) is 19.3. The first-order valence-corrected chi connectivity index (χ1v) is 12.1. The van der Waals surface area contributed by atoms with Crippen molar-refractivity contribution in [3.8, 4) is 0 Å². The van der Waals surface area contributed by atoms with E-state index in [4.69, 9.17) is 0 Å². The summed E-state index contributed by atoms with van der Waals surface area (Å²) in [6.45, 7) is 8.99. The van der Waals surface area contributed by atoms with Crippen LogP contribution in [0.3, 0.4) is 0 Å². The van der Waals surface area contributed by atoms with Crippen LogP contribution in [0.2, 0.25) is 0 Å². The normalized spacial score (nSPS) is 16.2. The number of piperazine rings is 1. The second kappa shape index (κ2) is 10.0. The van der Waals surface area contributed by atoms with Crippen LogP contribution in [0, 0.1) is 0 Å². The SMILES string of the molecule is CN(CCCC(=O)N1CCN(CC(=O)NC(C)(C)C)CC1)S(=O)(=O)c1cccs1. The Labute approximate surface area is 177 Å². The molecule has 2 amide bonds. The van der Waals surface area contributed by atoms with Gasteiger partial charge in [0.05, 0.1) is 6.54 Å². The van der Waals surface area contributed by atoms with Gasteiger partial charge >= 0.3 is 0 Å². The van der Waals surface area contributed by atoms with Crippen LogP contribution < -0.4 is 5.32 Å². The molecule has 0 aliphatic carbocycles. The summed E-state index contributed by atoms with van der Waals surface area (Å²) in [5.41, 5.74) is -0.251. The summed E-state index contributed by atoms with van der Waals surface area (Å²) >= 11 is 1.19. The zero-order chi connectivity index (χ0) is 21.7. The van der Waals surface area contributed by atoms with E-state index in [1.165, 1.54) is 15.6 Å². The highest BCUT2D eigenvalue weighted by atomic mass is 32.2. The Morgan fingerprint density at radius 1 is 1.21 bits per heavy atom. The van der Waals surface area contributed by atoms with Gasteiger partial charge in [-0.05, 0) is 38.6 Å². The fourth-order valence-electron chi connectivity index (χ4n) is 3.11. The van der Waals surface area contributed by atoms with E-state index in [9.17, 15) is 18.0 Å². The lowest BCUT2D eigenvalue weighted by Gasteiger charge is -2.35. The van der Waals surface area contributed by atoms with Crippen molar-refractivity contribution in [2.75, 3.05) is 46.3 Å². The van der Waals surface area contributed by atoms with E-state index in [0.717, 1.165) is 0 Å². The molecule has 0 bridgehead atoms. The van der Waals surface area contributed by atoms with Crippen molar-refractivity contribution in [2.45, 2.75) is 43.4 Å². The van der Waals surface area contributed by atoms with Gasteiger partial charge in [0.1, 0.15) is 4.21 Å². The van der Waals surface area contributed by atoms with Gasteiger partial charge in [-0.2, -0.15) is 0 Å². The highest BCUT2D eigenvalue weighted by molar-refractivity contribution is 7.91. The molecule has 2 rings (SSSR count). The highest BCUT2D eigenvalue weighted by Crippen LogP contribution is 2.20. The molecule has 0 atom stereocenters. The largest absolute Gasteiger partial charge is 0.350 e. The molecule has 0 unspecified atom stereocenters. The predicted octanol–water partition coefficient (Wildman–Crippen LogP) is 1.21. The van der Waals surface area contributed by atoms with Crippen molar-refractivity contribution >= 4 is 33.2 Å². The van der Waals surface area contributed by atoms with Crippen molar-refractivity contribution in [1.82, 2.24) is 19.4 Å². The number of sulfonamides is 1. The Hall–Kier alpha value is -1.49. The summed E-state index contributed by atoms with van der Waals surface area (Å²) in [5, 5.41) is 4.68. The molecule has 10 heteroatoms. The topological polar surface area (TPSA) is 90.0 Å². The number of nitrogens with one attached hydrogen (secondary N) is 1. The number of nitrogens with zero attached hydrogens (tertiary/aromatic N) is 3. The van der Waals surface area contributed by atoms with Gasteiger partial charge in [0.2, 0.25) is 11.8 Å². The molecular formula is C19H32N4O4S2. The second-order valence-corrected chi connectivity index (χ2v) is 11.5. The smallest absolute Gasteiger partial charge is 0.252 e. The average molecular weight is 445 g/mol. The maximum atomic E-state index is 12.4. The minimum atomic E-state index is -3.47. The molecule has 29 heavy (non-hydrogen) atoms. The molecule has 0 spiro atoms. The standard InChI is InChI=1S/C19H32N4O4S2/c1-19(2,3)20-16(24)15-22-10-12-23(13-11-22)17(25)7-5-9-21(4)29(26,27)18-8-6-14-28-18/h6,8,14H,5,7,9-13,15H2,1-4H3,(H,20,24). The summed E-state index contributed by atoms with van der Waals surface area (Å²) in [6.07, 6.45) is 0.795. The number of rotatable bonds is 8. The summed E-state index contributed by atoms with van der Waals surface area (Å²) in [6, 6.07) is 3.30. The minimum Gasteiger partial charge on any atom is -0.350 e.